The fourth-order valence-corrected chi connectivity index (χ4v) is 5.02. The Morgan fingerprint density at radius 1 is 1.29 bits per heavy atom. The molecule has 0 saturated carbocycles. The molecule has 2 heterocycles. The highest BCUT2D eigenvalue weighted by Crippen LogP contribution is 2.38. The maximum atomic E-state index is 14.8. The number of nitrogens with zero attached hydrogens (tertiary/aromatic N) is 1. The van der Waals surface area contributed by atoms with Gasteiger partial charge in [0.2, 0.25) is 5.91 Å². The standard InChI is InChI=1S/C23H24BrFN2O4/c1-15-11-23(14-30-13-20(28)26-23)19(10-17-8-5-9-18(24)21(17)25)27(15)22(29)31-12-16-6-3-2-4-7-16/h2-9,15,19H,10-14H2,1H3,(H,26,28)/t15-,19?,23?/m1/s1. The Kier molecular flexibility index (Phi) is 6.29. The number of benzene rings is 2. The summed E-state index contributed by atoms with van der Waals surface area (Å²) in [5.74, 6) is -0.615. The van der Waals surface area contributed by atoms with Crippen molar-refractivity contribution in [3.8, 4) is 0 Å². The summed E-state index contributed by atoms with van der Waals surface area (Å²) in [6, 6.07) is 13.8. The minimum atomic E-state index is -0.796. The number of ether oxygens (including phenoxy) is 2. The van der Waals surface area contributed by atoms with E-state index in [0.29, 0.717) is 16.5 Å². The Balaban J connectivity index is 1.62. The van der Waals surface area contributed by atoms with Gasteiger partial charge < -0.3 is 14.8 Å². The maximum Gasteiger partial charge on any atom is 0.410 e. The lowest BCUT2D eigenvalue weighted by atomic mass is 9.85. The topological polar surface area (TPSA) is 67.9 Å². The van der Waals surface area contributed by atoms with Crippen LogP contribution in [0.5, 0.6) is 0 Å². The quantitative estimate of drug-likeness (QED) is 0.707. The van der Waals surface area contributed by atoms with Gasteiger partial charge in [-0.15, -0.1) is 0 Å². The van der Waals surface area contributed by atoms with E-state index in [2.05, 4.69) is 21.2 Å². The third kappa shape index (κ3) is 4.45. The van der Waals surface area contributed by atoms with Crippen LogP contribution in [0, 0.1) is 5.82 Å². The summed E-state index contributed by atoms with van der Waals surface area (Å²) in [7, 11) is 0. The Labute approximate surface area is 188 Å². The molecule has 0 aliphatic carbocycles. The zero-order chi connectivity index (χ0) is 22.0. The Morgan fingerprint density at radius 3 is 2.81 bits per heavy atom. The summed E-state index contributed by atoms with van der Waals surface area (Å²) in [4.78, 5) is 26.9. The van der Waals surface area contributed by atoms with E-state index in [9.17, 15) is 14.0 Å². The largest absolute Gasteiger partial charge is 0.445 e. The highest BCUT2D eigenvalue weighted by atomic mass is 79.9. The van der Waals surface area contributed by atoms with Gasteiger partial charge in [-0.05, 0) is 52.9 Å². The third-order valence-electron chi connectivity index (χ3n) is 5.95. The number of hydrogen-bond acceptors (Lipinski definition) is 4. The molecule has 1 spiro atoms. The number of rotatable bonds is 4. The lowest BCUT2D eigenvalue weighted by Crippen LogP contribution is -2.64. The van der Waals surface area contributed by atoms with Gasteiger partial charge in [-0.25, -0.2) is 9.18 Å². The molecule has 2 aromatic carbocycles. The van der Waals surface area contributed by atoms with Crippen LogP contribution in [0.2, 0.25) is 0 Å². The lowest BCUT2D eigenvalue weighted by Gasteiger charge is -2.40. The number of amides is 2. The molecule has 164 valence electrons. The SMILES string of the molecule is C[C@@H]1CC2(COCC(=O)N2)C(Cc2cccc(Br)c2F)N1C(=O)OCc1ccccc1. The normalized spacial score (nSPS) is 25.5. The molecule has 2 aromatic rings. The molecular weight excluding hydrogens is 467 g/mol. The molecule has 6 nitrogen and oxygen atoms in total. The molecule has 2 aliphatic rings. The van der Waals surface area contributed by atoms with Gasteiger partial charge in [0.1, 0.15) is 19.0 Å². The summed E-state index contributed by atoms with van der Waals surface area (Å²) in [6.45, 7) is 2.28. The van der Waals surface area contributed by atoms with E-state index in [0.717, 1.165) is 5.56 Å². The first-order valence-corrected chi connectivity index (χ1v) is 11.0. The van der Waals surface area contributed by atoms with Crippen molar-refractivity contribution in [2.75, 3.05) is 13.2 Å². The fraction of sp³-hybridized carbons (Fsp3) is 0.391. The van der Waals surface area contributed by atoms with Gasteiger partial charge in [0.15, 0.2) is 0 Å². The van der Waals surface area contributed by atoms with Gasteiger partial charge in [-0.3, -0.25) is 9.69 Å². The van der Waals surface area contributed by atoms with Crippen LogP contribution in [-0.4, -0.2) is 47.7 Å². The number of carbonyl (C=O) groups is 2. The molecular formula is C23H24BrFN2O4. The summed E-state index contributed by atoms with van der Waals surface area (Å²) >= 11 is 3.22. The summed E-state index contributed by atoms with van der Waals surface area (Å²) in [6.07, 6.45) is 0.229. The highest BCUT2D eigenvalue weighted by molar-refractivity contribution is 9.10. The van der Waals surface area contributed by atoms with Gasteiger partial charge in [0.25, 0.3) is 0 Å². The van der Waals surface area contributed by atoms with Gasteiger partial charge >= 0.3 is 6.09 Å². The van der Waals surface area contributed by atoms with Crippen LogP contribution in [0.1, 0.15) is 24.5 Å². The zero-order valence-corrected chi connectivity index (χ0v) is 18.7. The predicted octanol–water partition coefficient (Wildman–Crippen LogP) is 3.82. The predicted molar refractivity (Wildman–Crippen MR) is 116 cm³/mol. The molecule has 4 rings (SSSR count). The molecule has 2 saturated heterocycles. The van der Waals surface area contributed by atoms with E-state index in [1.54, 1.807) is 23.1 Å². The smallest absolute Gasteiger partial charge is 0.410 e. The van der Waals surface area contributed by atoms with E-state index >= 15 is 0 Å². The highest BCUT2D eigenvalue weighted by Gasteiger charge is 2.55. The van der Waals surface area contributed by atoms with Crippen molar-refractivity contribution in [2.45, 2.75) is 44.0 Å². The summed E-state index contributed by atoms with van der Waals surface area (Å²) in [5.41, 5.74) is 0.532. The van der Waals surface area contributed by atoms with Crippen molar-refractivity contribution in [3.63, 3.8) is 0 Å². The fourth-order valence-electron chi connectivity index (χ4n) is 4.61. The summed E-state index contributed by atoms with van der Waals surface area (Å²) < 4.78 is 26.3. The molecule has 31 heavy (non-hydrogen) atoms. The van der Waals surface area contributed by atoms with Crippen LogP contribution < -0.4 is 5.32 Å². The molecule has 1 N–H and O–H groups in total. The number of hydrogen-bond donors (Lipinski definition) is 1. The second-order valence-electron chi connectivity index (χ2n) is 8.13. The first-order chi connectivity index (χ1) is 14.9. The molecule has 2 aliphatic heterocycles. The van der Waals surface area contributed by atoms with Crippen LogP contribution >= 0.6 is 15.9 Å². The van der Waals surface area contributed by atoms with Crippen LogP contribution in [-0.2, 0) is 27.3 Å². The van der Waals surface area contributed by atoms with E-state index < -0.39 is 17.7 Å². The van der Waals surface area contributed by atoms with Crippen molar-refractivity contribution in [2.24, 2.45) is 0 Å². The first kappa shape index (κ1) is 21.8. The van der Waals surface area contributed by atoms with Gasteiger partial charge in [-0.1, -0.05) is 42.5 Å². The van der Waals surface area contributed by atoms with Crippen molar-refractivity contribution >= 4 is 27.9 Å². The van der Waals surface area contributed by atoms with Crippen LogP contribution in [0.15, 0.2) is 53.0 Å². The van der Waals surface area contributed by atoms with Crippen molar-refractivity contribution < 1.29 is 23.5 Å². The van der Waals surface area contributed by atoms with Gasteiger partial charge in [-0.2, -0.15) is 0 Å². The van der Waals surface area contributed by atoms with Crippen LogP contribution in [0.3, 0.4) is 0 Å². The monoisotopic (exact) mass is 490 g/mol. The minimum absolute atomic E-state index is 0.0213. The zero-order valence-electron chi connectivity index (χ0n) is 17.1. The Hall–Kier alpha value is -2.45. The van der Waals surface area contributed by atoms with Crippen LogP contribution in [0.4, 0.5) is 9.18 Å². The molecule has 0 bridgehead atoms. The number of morpholine rings is 1. The number of carbonyl (C=O) groups excluding carboxylic acids is 2. The third-order valence-corrected chi connectivity index (χ3v) is 6.56. The first-order valence-electron chi connectivity index (χ1n) is 10.2. The average molecular weight is 491 g/mol. The van der Waals surface area contributed by atoms with Crippen molar-refractivity contribution in [1.29, 1.82) is 0 Å². The molecule has 0 aromatic heterocycles. The van der Waals surface area contributed by atoms with E-state index in [1.165, 1.54) is 0 Å². The van der Waals surface area contributed by atoms with E-state index in [4.69, 9.17) is 9.47 Å². The second kappa shape index (κ2) is 8.96. The minimum Gasteiger partial charge on any atom is -0.445 e. The van der Waals surface area contributed by atoms with E-state index in [-0.39, 0.29) is 44.0 Å². The molecule has 0 radical (unpaired) electrons. The molecule has 8 heteroatoms. The number of nitrogens with one attached hydrogen (secondary N) is 1. The molecule has 2 fully saturated rings. The van der Waals surface area contributed by atoms with Gasteiger partial charge in [0.05, 0.1) is 22.7 Å². The number of halogens is 2. The summed E-state index contributed by atoms with van der Waals surface area (Å²) in [5, 5.41) is 3.04. The van der Waals surface area contributed by atoms with E-state index in [1.807, 2.05) is 37.3 Å². The lowest BCUT2D eigenvalue weighted by molar-refractivity contribution is -0.136. The molecule has 2 amide bonds. The Bertz CT molecular complexity index is 973. The molecule has 3 atom stereocenters. The second-order valence-corrected chi connectivity index (χ2v) is 8.98. The van der Waals surface area contributed by atoms with Crippen molar-refractivity contribution in [1.82, 2.24) is 10.2 Å². The van der Waals surface area contributed by atoms with Gasteiger partial charge in [0, 0.05) is 6.04 Å². The maximum absolute atomic E-state index is 14.8. The Morgan fingerprint density at radius 2 is 2.06 bits per heavy atom. The number of likely N-dealkylation sites (tertiary alicyclic amines) is 1. The molecule has 2 unspecified atom stereocenters. The van der Waals surface area contributed by atoms with Crippen molar-refractivity contribution in [3.05, 3.63) is 69.9 Å². The van der Waals surface area contributed by atoms with Crippen LogP contribution in [0.25, 0.3) is 0 Å². The average Bonchev–Trinajstić information content (AvgIpc) is 3.00.